The van der Waals surface area contributed by atoms with Gasteiger partial charge in [0.15, 0.2) is 0 Å². The van der Waals surface area contributed by atoms with Crippen LogP contribution in [0.5, 0.6) is 0 Å². The van der Waals surface area contributed by atoms with Gasteiger partial charge < -0.3 is 10.6 Å². The third-order valence-corrected chi connectivity index (χ3v) is 7.33. The molecule has 8 heteroatoms. The molecule has 0 radical (unpaired) electrons. The molecule has 0 bridgehead atoms. The Kier molecular flexibility index (Phi) is 8.53. The van der Waals surface area contributed by atoms with Crippen molar-refractivity contribution in [3.05, 3.63) is 95.1 Å². The van der Waals surface area contributed by atoms with Gasteiger partial charge >= 0.3 is 0 Å². The molecule has 0 fully saturated rings. The van der Waals surface area contributed by atoms with Crippen LogP contribution in [0.2, 0.25) is 0 Å². The maximum Gasteiger partial charge on any atom is 0.253 e. The van der Waals surface area contributed by atoms with Gasteiger partial charge in [-0.3, -0.25) is 13.9 Å². The molecule has 3 rings (SSSR count). The van der Waals surface area contributed by atoms with E-state index in [1.165, 1.54) is 0 Å². The molecule has 0 aromatic heterocycles. The molecule has 3 aromatic carbocycles. The summed E-state index contributed by atoms with van der Waals surface area (Å²) in [6.45, 7) is 7.47. The van der Waals surface area contributed by atoms with Gasteiger partial charge in [-0.05, 0) is 68.1 Å². The fourth-order valence-corrected chi connectivity index (χ4v) is 5.23. The summed E-state index contributed by atoms with van der Waals surface area (Å²) in [5.41, 5.74) is 3.93. The van der Waals surface area contributed by atoms with Gasteiger partial charge in [-0.1, -0.05) is 55.5 Å². The summed E-state index contributed by atoms with van der Waals surface area (Å²) >= 11 is 0. The summed E-state index contributed by atoms with van der Waals surface area (Å²) in [7, 11) is -3.78. The number of carbonyl (C=O) groups excluding carboxylic acids is 2. The second kappa shape index (κ2) is 11.4. The Labute approximate surface area is 213 Å². The van der Waals surface area contributed by atoms with Crippen molar-refractivity contribution in [3.8, 4) is 0 Å². The molecule has 0 aliphatic rings. The Morgan fingerprint density at radius 3 is 2.17 bits per heavy atom. The van der Waals surface area contributed by atoms with Crippen molar-refractivity contribution in [2.75, 3.05) is 15.9 Å². The number of benzene rings is 3. The standard InChI is InChI=1S/C28H33N3O4S/c1-6-26(31(36(5,34)35)23-17-16-19(2)20(3)18-23)28(33)30-25-15-11-10-14-24(25)27(32)29-21(4)22-12-8-7-9-13-22/h7-18,21,26H,6H2,1-5H3,(H,29,32)(H,30,33). The number of nitrogens with one attached hydrogen (secondary N) is 2. The molecule has 0 spiro atoms. The number of nitrogens with zero attached hydrogens (tertiary/aromatic N) is 1. The first-order chi connectivity index (χ1) is 17.0. The first kappa shape index (κ1) is 26.9. The largest absolute Gasteiger partial charge is 0.345 e. The lowest BCUT2D eigenvalue weighted by atomic mass is 10.1. The Morgan fingerprint density at radius 1 is 0.917 bits per heavy atom. The van der Waals surface area contributed by atoms with Crippen LogP contribution in [0.3, 0.4) is 0 Å². The third-order valence-electron chi connectivity index (χ3n) is 6.15. The molecule has 2 atom stereocenters. The van der Waals surface area contributed by atoms with Crippen LogP contribution in [0.25, 0.3) is 0 Å². The van der Waals surface area contributed by atoms with Crippen molar-refractivity contribution in [2.24, 2.45) is 0 Å². The van der Waals surface area contributed by atoms with Crippen LogP contribution in [0.15, 0.2) is 72.8 Å². The van der Waals surface area contributed by atoms with Crippen LogP contribution in [0, 0.1) is 13.8 Å². The van der Waals surface area contributed by atoms with E-state index in [2.05, 4.69) is 10.6 Å². The zero-order valence-corrected chi connectivity index (χ0v) is 22.1. The molecule has 0 saturated heterocycles. The van der Waals surface area contributed by atoms with Crippen molar-refractivity contribution in [2.45, 2.75) is 46.2 Å². The summed E-state index contributed by atoms with van der Waals surface area (Å²) in [5, 5.41) is 5.76. The van der Waals surface area contributed by atoms with Gasteiger partial charge in [0.05, 0.1) is 29.2 Å². The first-order valence-electron chi connectivity index (χ1n) is 11.8. The number of amides is 2. The zero-order chi connectivity index (χ0) is 26.5. The summed E-state index contributed by atoms with van der Waals surface area (Å²) in [6.07, 6.45) is 1.33. The summed E-state index contributed by atoms with van der Waals surface area (Å²) in [5.74, 6) is -0.859. The maximum atomic E-state index is 13.4. The molecule has 0 aliphatic carbocycles. The van der Waals surface area contributed by atoms with E-state index >= 15 is 0 Å². The number of para-hydroxylation sites is 1. The third kappa shape index (κ3) is 6.31. The molecule has 190 valence electrons. The van der Waals surface area contributed by atoms with E-state index in [0.717, 1.165) is 27.3 Å². The van der Waals surface area contributed by atoms with Crippen LogP contribution in [0.4, 0.5) is 11.4 Å². The number of hydrogen-bond donors (Lipinski definition) is 2. The summed E-state index contributed by atoms with van der Waals surface area (Å²) < 4.78 is 26.7. The monoisotopic (exact) mass is 507 g/mol. The molecule has 3 aromatic rings. The van der Waals surface area contributed by atoms with Crippen LogP contribution in [-0.4, -0.2) is 32.5 Å². The average Bonchev–Trinajstić information content (AvgIpc) is 2.84. The van der Waals surface area contributed by atoms with Crippen LogP contribution >= 0.6 is 0 Å². The number of carbonyl (C=O) groups is 2. The van der Waals surface area contributed by atoms with Crippen molar-refractivity contribution >= 4 is 33.2 Å². The minimum atomic E-state index is -3.78. The van der Waals surface area contributed by atoms with E-state index in [1.54, 1.807) is 43.3 Å². The zero-order valence-electron chi connectivity index (χ0n) is 21.3. The highest BCUT2D eigenvalue weighted by Crippen LogP contribution is 2.26. The molecule has 2 N–H and O–H groups in total. The highest BCUT2D eigenvalue weighted by molar-refractivity contribution is 7.92. The molecule has 2 unspecified atom stereocenters. The number of sulfonamides is 1. The van der Waals surface area contributed by atoms with Crippen molar-refractivity contribution in [3.63, 3.8) is 0 Å². The van der Waals surface area contributed by atoms with Crippen LogP contribution < -0.4 is 14.9 Å². The smallest absolute Gasteiger partial charge is 0.253 e. The van der Waals surface area contributed by atoms with Gasteiger partial charge in [0.1, 0.15) is 6.04 Å². The van der Waals surface area contributed by atoms with Gasteiger partial charge in [-0.25, -0.2) is 8.42 Å². The van der Waals surface area contributed by atoms with Gasteiger partial charge in [0, 0.05) is 0 Å². The second-order valence-electron chi connectivity index (χ2n) is 8.89. The first-order valence-corrected chi connectivity index (χ1v) is 13.7. The van der Waals surface area contributed by atoms with Gasteiger partial charge in [0.25, 0.3) is 5.91 Å². The van der Waals surface area contributed by atoms with Crippen molar-refractivity contribution < 1.29 is 18.0 Å². The van der Waals surface area contributed by atoms with Crippen LogP contribution in [0.1, 0.15) is 53.4 Å². The lowest BCUT2D eigenvalue weighted by Crippen LogP contribution is -2.47. The van der Waals surface area contributed by atoms with E-state index in [1.807, 2.05) is 57.2 Å². The Bertz CT molecular complexity index is 1340. The topological polar surface area (TPSA) is 95.6 Å². The fourth-order valence-electron chi connectivity index (χ4n) is 4.03. The van der Waals surface area contributed by atoms with Crippen molar-refractivity contribution in [1.82, 2.24) is 5.32 Å². The average molecular weight is 508 g/mol. The SMILES string of the molecule is CCC(C(=O)Nc1ccccc1C(=O)NC(C)c1ccccc1)N(c1ccc(C)c(C)c1)S(C)(=O)=O. The molecule has 0 aliphatic heterocycles. The number of rotatable bonds is 9. The Hall–Kier alpha value is -3.65. The molecule has 2 amide bonds. The predicted octanol–water partition coefficient (Wildman–Crippen LogP) is 4.98. The molecule has 36 heavy (non-hydrogen) atoms. The molecule has 0 heterocycles. The van der Waals surface area contributed by atoms with E-state index < -0.39 is 22.0 Å². The minimum Gasteiger partial charge on any atom is -0.345 e. The lowest BCUT2D eigenvalue weighted by Gasteiger charge is -2.30. The van der Waals surface area contributed by atoms with E-state index in [9.17, 15) is 18.0 Å². The van der Waals surface area contributed by atoms with Crippen molar-refractivity contribution in [1.29, 1.82) is 0 Å². The van der Waals surface area contributed by atoms with E-state index in [4.69, 9.17) is 0 Å². The van der Waals surface area contributed by atoms with E-state index in [-0.39, 0.29) is 18.4 Å². The molecule has 0 saturated carbocycles. The fraction of sp³-hybridized carbons (Fsp3) is 0.286. The Balaban J connectivity index is 1.88. The number of anilines is 2. The second-order valence-corrected chi connectivity index (χ2v) is 10.8. The molecule has 7 nitrogen and oxygen atoms in total. The molecular weight excluding hydrogens is 474 g/mol. The number of aryl methyl sites for hydroxylation is 2. The summed E-state index contributed by atoms with van der Waals surface area (Å²) in [4.78, 5) is 26.5. The number of hydrogen-bond acceptors (Lipinski definition) is 4. The van der Waals surface area contributed by atoms with Gasteiger partial charge in [-0.15, -0.1) is 0 Å². The van der Waals surface area contributed by atoms with Gasteiger partial charge in [0.2, 0.25) is 15.9 Å². The highest BCUT2D eigenvalue weighted by atomic mass is 32.2. The lowest BCUT2D eigenvalue weighted by molar-refractivity contribution is -0.117. The Morgan fingerprint density at radius 2 is 1.56 bits per heavy atom. The van der Waals surface area contributed by atoms with Gasteiger partial charge in [-0.2, -0.15) is 0 Å². The molecular formula is C28H33N3O4S. The maximum absolute atomic E-state index is 13.4. The minimum absolute atomic E-state index is 0.239. The normalized spacial score (nSPS) is 12.9. The van der Waals surface area contributed by atoms with Crippen LogP contribution in [-0.2, 0) is 14.8 Å². The van der Waals surface area contributed by atoms with E-state index in [0.29, 0.717) is 16.9 Å². The predicted molar refractivity (Wildman–Crippen MR) is 145 cm³/mol. The quantitative estimate of drug-likeness (QED) is 0.427. The summed E-state index contributed by atoms with van der Waals surface area (Å²) in [6, 6.07) is 20.3. The highest BCUT2D eigenvalue weighted by Gasteiger charge is 2.32.